The van der Waals surface area contributed by atoms with Crippen LogP contribution in [0.1, 0.15) is 62.6 Å². The van der Waals surface area contributed by atoms with Crippen molar-refractivity contribution in [3.63, 3.8) is 0 Å². The maximum absolute atomic E-state index is 13.4. The van der Waals surface area contributed by atoms with Gasteiger partial charge in [0.05, 0.1) is 17.1 Å². The second kappa shape index (κ2) is 7.76. The largest absolute Gasteiger partial charge is 0.293 e. The number of hydrogen-bond acceptors (Lipinski definition) is 4. The van der Waals surface area contributed by atoms with Crippen molar-refractivity contribution < 1.29 is 4.79 Å². The molecule has 0 aromatic carbocycles. The first-order chi connectivity index (χ1) is 12.8. The van der Waals surface area contributed by atoms with Crippen LogP contribution in [-0.2, 0) is 0 Å². The maximum atomic E-state index is 13.4. The summed E-state index contributed by atoms with van der Waals surface area (Å²) in [6.07, 6.45) is 3.44. The molecule has 0 radical (unpaired) electrons. The second-order valence-electron chi connectivity index (χ2n) is 7.05. The molecule has 6 nitrogen and oxygen atoms in total. The number of halogens is 1. The molecule has 0 atom stereocenters. The van der Waals surface area contributed by atoms with E-state index in [2.05, 4.69) is 53.7 Å². The molecular formula is C20H24BrN5O. The van der Waals surface area contributed by atoms with E-state index in [0.717, 1.165) is 21.2 Å². The third-order valence-corrected chi connectivity index (χ3v) is 4.92. The van der Waals surface area contributed by atoms with Gasteiger partial charge >= 0.3 is 0 Å². The van der Waals surface area contributed by atoms with Gasteiger partial charge < -0.3 is 0 Å². The molecule has 142 valence electrons. The molecular weight excluding hydrogens is 406 g/mol. The zero-order valence-electron chi connectivity index (χ0n) is 16.3. The van der Waals surface area contributed by atoms with Crippen LogP contribution in [-0.4, -0.2) is 32.2 Å². The van der Waals surface area contributed by atoms with Gasteiger partial charge in [0.2, 0.25) is 0 Å². The Morgan fingerprint density at radius 3 is 2.52 bits per heavy atom. The predicted octanol–water partition coefficient (Wildman–Crippen LogP) is 4.96. The van der Waals surface area contributed by atoms with Crippen LogP contribution in [0.2, 0.25) is 0 Å². The standard InChI is InChI=1S/C20H24BrN5O/c1-6-25(18-8-7-14(21)10-22-18)20(27)15-9-17(12(2)3)24-19-16(15)11-23-26(19)13(4)5/h7-13H,6H2,1-5H3. The molecule has 3 rings (SSSR count). The smallest absolute Gasteiger partial charge is 0.260 e. The molecule has 1 amide bonds. The Labute approximate surface area is 167 Å². The highest BCUT2D eigenvalue weighted by Gasteiger charge is 2.23. The average Bonchev–Trinajstić information content (AvgIpc) is 3.07. The molecule has 3 aromatic heterocycles. The fourth-order valence-electron chi connectivity index (χ4n) is 2.97. The molecule has 0 saturated carbocycles. The highest BCUT2D eigenvalue weighted by atomic mass is 79.9. The number of aromatic nitrogens is 4. The normalized spacial score (nSPS) is 11.6. The zero-order valence-corrected chi connectivity index (χ0v) is 17.9. The third kappa shape index (κ3) is 3.74. The van der Waals surface area contributed by atoms with Crippen LogP contribution in [0, 0.1) is 0 Å². The highest BCUT2D eigenvalue weighted by Crippen LogP contribution is 2.26. The molecule has 0 aliphatic carbocycles. The van der Waals surface area contributed by atoms with Crippen LogP contribution in [0.25, 0.3) is 11.0 Å². The minimum Gasteiger partial charge on any atom is -0.293 e. The van der Waals surface area contributed by atoms with E-state index in [1.807, 2.05) is 29.8 Å². The van der Waals surface area contributed by atoms with E-state index in [-0.39, 0.29) is 17.9 Å². The lowest BCUT2D eigenvalue weighted by molar-refractivity contribution is 0.0989. The van der Waals surface area contributed by atoms with Gasteiger partial charge in [0.15, 0.2) is 5.65 Å². The van der Waals surface area contributed by atoms with Crippen molar-refractivity contribution in [3.05, 3.63) is 46.3 Å². The summed E-state index contributed by atoms with van der Waals surface area (Å²) in [6.45, 7) is 10.7. The van der Waals surface area contributed by atoms with E-state index in [9.17, 15) is 4.79 Å². The fourth-order valence-corrected chi connectivity index (χ4v) is 3.21. The third-order valence-electron chi connectivity index (χ3n) is 4.45. The first-order valence-corrected chi connectivity index (χ1v) is 9.94. The van der Waals surface area contributed by atoms with Gasteiger partial charge in [0, 0.05) is 29.0 Å². The van der Waals surface area contributed by atoms with Crippen LogP contribution in [0.15, 0.2) is 35.1 Å². The number of carbonyl (C=O) groups excluding carboxylic acids is 1. The van der Waals surface area contributed by atoms with Crippen LogP contribution in [0.3, 0.4) is 0 Å². The maximum Gasteiger partial charge on any atom is 0.260 e. The summed E-state index contributed by atoms with van der Waals surface area (Å²) in [5.74, 6) is 0.736. The second-order valence-corrected chi connectivity index (χ2v) is 7.97. The minimum absolute atomic E-state index is 0.0927. The number of carbonyl (C=O) groups is 1. The van der Waals surface area contributed by atoms with Crippen molar-refractivity contribution in [1.29, 1.82) is 0 Å². The Morgan fingerprint density at radius 1 is 1.22 bits per heavy atom. The van der Waals surface area contributed by atoms with Crippen molar-refractivity contribution in [2.24, 2.45) is 0 Å². The van der Waals surface area contributed by atoms with Gasteiger partial charge in [-0.3, -0.25) is 9.69 Å². The summed E-state index contributed by atoms with van der Waals surface area (Å²) in [4.78, 5) is 24.3. The van der Waals surface area contributed by atoms with Crippen LogP contribution in [0.4, 0.5) is 5.82 Å². The van der Waals surface area contributed by atoms with E-state index in [4.69, 9.17) is 4.98 Å². The van der Waals surface area contributed by atoms with Gasteiger partial charge in [-0.05, 0) is 60.8 Å². The Bertz CT molecular complexity index is 962. The summed E-state index contributed by atoms with van der Waals surface area (Å²) in [5.41, 5.74) is 2.25. The predicted molar refractivity (Wildman–Crippen MR) is 111 cm³/mol. The van der Waals surface area contributed by atoms with Crippen LogP contribution < -0.4 is 4.90 Å². The Hall–Kier alpha value is -2.28. The van der Waals surface area contributed by atoms with Gasteiger partial charge in [-0.25, -0.2) is 14.6 Å². The van der Waals surface area contributed by atoms with Gasteiger partial charge in [-0.1, -0.05) is 13.8 Å². The molecule has 0 spiro atoms. The fraction of sp³-hybridized carbons (Fsp3) is 0.400. The summed E-state index contributed by atoms with van der Waals surface area (Å²) in [6, 6.07) is 5.78. The van der Waals surface area contributed by atoms with E-state index in [1.54, 1.807) is 17.3 Å². The van der Waals surface area contributed by atoms with E-state index >= 15 is 0 Å². The lowest BCUT2D eigenvalue weighted by Crippen LogP contribution is -2.31. The lowest BCUT2D eigenvalue weighted by atomic mass is 10.0. The minimum atomic E-state index is -0.0927. The molecule has 0 aliphatic heterocycles. The summed E-state index contributed by atoms with van der Waals surface area (Å²) < 4.78 is 2.74. The Kier molecular flexibility index (Phi) is 5.60. The van der Waals surface area contributed by atoms with Crippen molar-refractivity contribution in [2.45, 2.75) is 46.6 Å². The number of anilines is 1. The van der Waals surface area contributed by atoms with Crippen molar-refractivity contribution in [2.75, 3.05) is 11.4 Å². The molecule has 0 bridgehead atoms. The average molecular weight is 430 g/mol. The highest BCUT2D eigenvalue weighted by molar-refractivity contribution is 9.10. The number of rotatable bonds is 5. The number of hydrogen-bond donors (Lipinski definition) is 0. The van der Waals surface area contributed by atoms with E-state index in [1.165, 1.54) is 0 Å². The molecule has 7 heteroatoms. The molecule has 0 N–H and O–H groups in total. The van der Waals surface area contributed by atoms with Crippen molar-refractivity contribution in [3.8, 4) is 0 Å². The zero-order chi connectivity index (χ0) is 19.7. The number of pyridine rings is 2. The molecule has 0 saturated heterocycles. The SMILES string of the molecule is CCN(C(=O)c1cc(C(C)C)nc2c1cnn2C(C)C)c1ccc(Br)cn1. The molecule has 27 heavy (non-hydrogen) atoms. The quantitative estimate of drug-likeness (QED) is 0.574. The van der Waals surface area contributed by atoms with Gasteiger partial charge in [0.1, 0.15) is 5.82 Å². The molecule has 3 aromatic rings. The number of nitrogens with zero attached hydrogens (tertiary/aromatic N) is 5. The van der Waals surface area contributed by atoms with E-state index in [0.29, 0.717) is 17.9 Å². The van der Waals surface area contributed by atoms with Gasteiger partial charge in [-0.15, -0.1) is 0 Å². The lowest BCUT2D eigenvalue weighted by Gasteiger charge is -2.21. The van der Waals surface area contributed by atoms with Crippen molar-refractivity contribution >= 4 is 38.7 Å². The molecule has 0 fully saturated rings. The van der Waals surface area contributed by atoms with E-state index < -0.39 is 0 Å². The first kappa shape index (κ1) is 19.5. The molecule has 3 heterocycles. The van der Waals surface area contributed by atoms with Crippen LogP contribution in [0.5, 0.6) is 0 Å². The van der Waals surface area contributed by atoms with Gasteiger partial charge in [0.25, 0.3) is 5.91 Å². The summed E-state index contributed by atoms with van der Waals surface area (Å²) >= 11 is 3.39. The van der Waals surface area contributed by atoms with Gasteiger partial charge in [-0.2, -0.15) is 5.10 Å². The molecule has 0 unspecified atom stereocenters. The first-order valence-electron chi connectivity index (χ1n) is 9.15. The number of amides is 1. The monoisotopic (exact) mass is 429 g/mol. The topological polar surface area (TPSA) is 63.9 Å². The Balaban J connectivity index is 2.16. The Morgan fingerprint density at radius 2 is 1.96 bits per heavy atom. The van der Waals surface area contributed by atoms with Crippen LogP contribution >= 0.6 is 15.9 Å². The summed E-state index contributed by atoms with van der Waals surface area (Å²) in [7, 11) is 0. The summed E-state index contributed by atoms with van der Waals surface area (Å²) in [5, 5.41) is 5.24. The van der Waals surface area contributed by atoms with Crippen molar-refractivity contribution in [1.82, 2.24) is 19.7 Å². The number of fused-ring (bicyclic) bond motifs is 1. The molecule has 0 aliphatic rings.